The quantitative estimate of drug-likeness (QED) is 0.0370. The summed E-state index contributed by atoms with van der Waals surface area (Å²) in [6.45, 7) is 13.2. The number of rotatable bonds is 22. The van der Waals surface area contributed by atoms with Gasteiger partial charge < -0.3 is 36.0 Å². The van der Waals surface area contributed by atoms with Gasteiger partial charge in [0, 0.05) is 79.3 Å². The zero-order valence-corrected chi connectivity index (χ0v) is 46.2. The van der Waals surface area contributed by atoms with Crippen molar-refractivity contribution in [3.05, 3.63) is 111 Å². The zero-order chi connectivity index (χ0) is 54.1. The molecule has 2 aliphatic heterocycles. The predicted molar refractivity (Wildman–Crippen MR) is 293 cm³/mol. The highest BCUT2D eigenvalue weighted by atomic mass is 35.5. The first kappa shape index (κ1) is 56.2. The topological polar surface area (TPSA) is 212 Å². The molecule has 6 heterocycles. The second kappa shape index (κ2) is 25.4. The number of hydrogen-bond donors (Lipinski definition) is 4. The van der Waals surface area contributed by atoms with Gasteiger partial charge in [-0.25, -0.2) is 14.4 Å². The number of anilines is 1. The van der Waals surface area contributed by atoms with Crippen LogP contribution < -0.4 is 21.1 Å². The van der Waals surface area contributed by atoms with Crippen molar-refractivity contribution in [2.75, 3.05) is 31.9 Å². The lowest BCUT2D eigenvalue weighted by molar-refractivity contribution is -0.144. The van der Waals surface area contributed by atoms with Crippen LogP contribution in [0.2, 0.25) is 10.0 Å². The fourth-order valence-corrected chi connectivity index (χ4v) is 11.5. The minimum absolute atomic E-state index is 0.0213. The monoisotopic (exact) mass is 1100 g/mol. The summed E-state index contributed by atoms with van der Waals surface area (Å²) in [6, 6.07) is 10.9. The number of nitrogens with two attached hydrogens (primary N) is 1. The number of aromatic nitrogens is 7. The molecule has 2 fully saturated rings. The number of hydrogen-bond acceptors (Lipinski definition) is 13. The number of β-amino-alcohol motifs (C(OH)–C–C–N with tert-alkyl or cyclic N) is 1. The van der Waals surface area contributed by atoms with E-state index in [1.807, 2.05) is 85.4 Å². The Morgan fingerprint density at radius 2 is 1.76 bits per heavy atom. The van der Waals surface area contributed by atoms with E-state index in [0.717, 1.165) is 110 Å². The number of unbranched alkanes of at least 4 members (excludes halogenated alkanes) is 3. The maximum Gasteiger partial charge on any atom is 0.246 e. The summed E-state index contributed by atoms with van der Waals surface area (Å²) in [5.41, 5.74) is 13.2. The molecule has 2 aliphatic rings. The first-order chi connectivity index (χ1) is 36.4. The summed E-state index contributed by atoms with van der Waals surface area (Å²) in [4.78, 5) is 54.5. The van der Waals surface area contributed by atoms with Crippen molar-refractivity contribution in [3.63, 3.8) is 0 Å². The number of ether oxygens (including phenoxy) is 1. The number of aryl methyl sites for hydroxylation is 3. The van der Waals surface area contributed by atoms with E-state index in [1.165, 1.54) is 17.0 Å². The standard InChI is InChI=1S/C55H69Cl2FN12O5S/c1-34-50(76-33-62-34)37-17-15-36(16-18-37)26-61-53(73)45-25-42(71)32-69(45)54(74)51(55(3,4)5)64-47(72)14-8-6-7-9-23-68-30-40(65-66-68)12-10-21-67-22-11-13-41(31-67)70-29-39(28-63-70)38-24-46(52(59)60-27-38)75-35(2)48-43(56)19-20-44(58)49(48)57/h15-20,24,27-30,33,35,41-42,45,51,71H,6-14,21-23,25-26,31-32H2,1-5H3,(H2,59,60)(H,61,73)(H,64,72)/t35-,41?,42-,45+,51-/m1/s1. The molecule has 3 amide bonds. The maximum atomic E-state index is 14.2. The van der Waals surface area contributed by atoms with Crippen molar-refractivity contribution in [2.24, 2.45) is 5.41 Å². The van der Waals surface area contributed by atoms with Crippen LogP contribution in [-0.2, 0) is 33.9 Å². The van der Waals surface area contributed by atoms with Crippen LogP contribution in [0.5, 0.6) is 5.75 Å². The second-order valence-electron chi connectivity index (χ2n) is 21.1. The molecule has 17 nitrogen and oxygen atoms in total. The summed E-state index contributed by atoms with van der Waals surface area (Å²) in [5.74, 6) is -1.00. The first-order valence-corrected chi connectivity index (χ1v) is 27.8. The number of piperidine rings is 1. The van der Waals surface area contributed by atoms with E-state index in [1.54, 1.807) is 30.5 Å². The number of pyridine rings is 1. The Morgan fingerprint density at radius 1 is 0.974 bits per heavy atom. The number of nitrogens with zero attached hydrogens (tertiary/aromatic N) is 9. The molecule has 21 heteroatoms. The van der Waals surface area contributed by atoms with Crippen LogP contribution in [0.3, 0.4) is 0 Å². The van der Waals surface area contributed by atoms with Gasteiger partial charge in [-0.1, -0.05) is 86.3 Å². The molecule has 2 aromatic carbocycles. The smallest absolute Gasteiger partial charge is 0.246 e. The number of nitrogen functional groups attached to an aromatic ring is 1. The lowest BCUT2D eigenvalue weighted by atomic mass is 9.85. The molecule has 5 N–H and O–H groups in total. The fraction of sp³-hybridized carbons (Fsp3) is 0.491. The third-order valence-electron chi connectivity index (χ3n) is 14.2. The van der Waals surface area contributed by atoms with Crippen molar-refractivity contribution in [2.45, 2.75) is 142 Å². The van der Waals surface area contributed by atoms with Crippen LogP contribution in [0.15, 0.2) is 72.8 Å². The Kier molecular flexibility index (Phi) is 18.8. The zero-order valence-electron chi connectivity index (χ0n) is 43.9. The number of benzene rings is 2. The molecular weight excluding hydrogens is 1030 g/mol. The first-order valence-electron chi connectivity index (χ1n) is 26.2. The molecule has 0 saturated carbocycles. The van der Waals surface area contributed by atoms with Crippen LogP contribution in [0.25, 0.3) is 21.6 Å². The Bertz CT molecular complexity index is 2940. The van der Waals surface area contributed by atoms with Gasteiger partial charge in [-0.05, 0) is 100 Å². The highest BCUT2D eigenvalue weighted by molar-refractivity contribution is 7.13. The molecule has 0 radical (unpaired) electrons. The van der Waals surface area contributed by atoms with E-state index >= 15 is 0 Å². The number of amides is 3. The van der Waals surface area contributed by atoms with Crippen LogP contribution in [0.1, 0.15) is 120 Å². The second-order valence-corrected chi connectivity index (χ2v) is 22.8. The largest absolute Gasteiger partial charge is 0.482 e. The normalized spacial score (nSPS) is 17.9. The van der Waals surface area contributed by atoms with Gasteiger partial charge >= 0.3 is 0 Å². The molecule has 0 bridgehead atoms. The lowest BCUT2D eigenvalue weighted by Gasteiger charge is -2.35. The van der Waals surface area contributed by atoms with Crippen molar-refractivity contribution in [3.8, 4) is 27.3 Å². The molecule has 76 heavy (non-hydrogen) atoms. The van der Waals surface area contributed by atoms with Gasteiger partial charge in [0.2, 0.25) is 17.7 Å². The van der Waals surface area contributed by atoms with E-state index in [2.05, 4.69) is 35.8 Å². The summed E-state index contributed by atoms with van der Waals surface area (Å²) in [6.07, 6.45) is 13.5. The number of carbonyl (C=O) groups excluding carboxylic acids is 3. The maximum absolute atomic E-state index is 14.2. The Balaban J connectivity index is 0.724. The molecule has 2 saturated heterocycles. The van der Waals surface area contributed by atoms with E-state index < -0.39 is 35.5 Å². The SMILES string of the molecule is Cc1ncsc1-c1ccc(CNC(=O)[C@@H]2C[C@@H](O)CN2C(=O)[C@@H](NC(=O)CCCCCCn2cc(CCCN3CCCC(n4cc(-c5cnc(N)c(O[C@H](C)c6c(Cl)ccc(F)c6Cl)c5)cn4)C3)nn2)C(C)(C)C)cc1. The molecule has 1 unspecified atom stereocenters. The van der Waals surface area contributed by atoms with Crippen molar-refractivity contribution in [1.82, 2.24) is 55.2 Å². The lowest BCUT2D eigenvalue weighted by Crippen LogP contribution is -2.57. The van der Waals surface area contributed by atoms with Gasteiger partial charge in [0.15, 0.2) is 11.6 Å². The Morgan fingerprint density at radius 3 is 2.53 bits per heavy atom. The Labute approximate surface area is 457 Å². The number of halogens is 3. The van der Waals surface area contributed by atoms with Crippen molar-refractivity contribution < 1.29 is 28.6 Å². The van der Waals surface area contributed by atoms with Gasteiger partial charge in [0.1, 0.15) is 24.0 Å². The summed E-state index contributed by atoms with van der Waals surface area (Å²) in [7, 11) is 0. The summed E-state index contributed by atoms with van der Waals surface area (Å²) >= 11 is 14.2. The number of likely N-dealkylation sites (tertiary alicyclic amines) is 2. The minimum Gasteiger partial charge on any atom is -0.482 e. The Hall–Kier alpha value is -5.99. The molecule has 8 rings (SSSR count). The number of nitrogens with one attached hydrogen (secondary N) is 2. The van der Waals surface area contributed by atoms with E-state index in [4.69, 9.17) is 38.8 Å². The number of aliphatic hydroxyl groups excluding tert-OH is 1. The molecule has 6 aromatic rings. The van der Waals surface area contributed by atoms with Gasteiger partial charge in [0.05, 0.1) is 45.1 Å². The van der Waals surface area contributed by atoms with E-state index in [0.29, 0.717) is 22.8 Å². The van der Waals surface area contributed by atoms with Crippen molar-refractivity contribution >= 4 is 58.1 Å². The molecule has 4 aromatic heterocycles. The van der Waals surface area contributed by atoms with Crippen LogP contribution >= 0.6 is 34.5 Å². The fourth-order valence-electron chi connectivity index (χ4n) is 9.98. The third kappa shape index (κ3) is 14.3. The number of thiazole rings is 1. The molecule has 5 atom stereocenters. The number of carbonyl (C=O) groups is 3. The van der Waals surface area contributed by atoms with E-state index in [9.17, 15) is 23.9 Å². The molecular formula is C55H69Cl2FN12O5S. The van der Waals surface area contributed by atoms with Gasteiger partial charge in [-0.2, -0.15) is 5.10 Å². The van der Waals surface area contributed by atoms with Crippen molar-refractivity contribution in [1.29, 1.82) is 0 Å². The van der Waals surface area contributed by atoms with Crippen LogP contribution in [-0.4, -0.2) is 112 Å². The van der Waals surface area contributed by atoms with E-state index in [-0.39, 0.29) is 60.5 Å². The average Bonchev–Trinajstić information content (AvgIpc) is 4.26. The summed E-state index contributed by atoms with van der Waals surface area (Å²) in [5, 5.41) is 30.3. The van der Waals surface area contributed by atoms with Gasteiger partial charge in [-0.15, -0.1) is 16.4 Å². The van der Waals surface area contributed by atoms with Gasteiger partial charge in [-0.3, -0.25) is 23.7 Å². The molecule has 0 spiro atoms. The average molecular weight is 1100 g/mol. The van der Waals surface area contributed by atoms with Crippen LogP contribution in [0, 0.1) is 18.2 Å². The number of aliphatic hydroxyl groups is 1. The predicted octanol–water partition coefficient (Wildman–Crippen LogP) is 9.17. The highest BCUT2D eigenvalue weighted by Gasteiger charge is 2.44. The molecule has 0 aliphatic carbocycles. The minimum atomic E-state index is -0.871. The third-order valence-corrected chi connectivity index (χ3v) is 15.9. The van der Waals surface area contributed by atoms with Gasteiger partial charge in [0.25, 0.3) is 0 Å². The summed E-state index contributed by atoms with van der Waals surface area (Å²) < 4.78 is 24.3. The highest BCUT2D eigenvalue weighted by Crippen LogP contribution is 2.38. The van der Waals surface area contributed by atoms with Crippen LogP contribution in [0.4, 0.5) is 10.2 Å². The molecule has 406 valence electrons.